The molecule has 156 valence electrons. The predicted molar refractivity (Wildman–Crippen MR) is 122 cm³/mol. The first kappa shape index (κ1) is 22.7. The second-order valence-electron chi connectivity index (χ2n) is 6.69. The molecular formula is C23H30N2O3S. The summed E-state index contributed by atoms with van der Waals surface area (Å²) in [6, 6.07) is 14.7. The monoisotopic (exact) mass is 414 g/mol. The molecule has 2 N–H and O–H groups in total. The molecule has 2 aromatic carbocycles. The lowest BCUT2D eigenvalue weighted by Gasteiger charge is -2.13. The zero-order chi connectivity index (χ0) is 20.9. The minimum absolute atomic E-state index is 0.224. The van der Waals surface area contributed by atoms with Crippen molar-refractivity contribution < 1.29 is 14.3 Å². The SMILES string of the molecule is CCCCCOc1ccccc1C(=O)NC(=S)Nc1cccc(OCCCC)c1. The molecule has 0 spiro atoms. The number of nitrogens with one attached hydrogen (secondary N) is 2. The van der Waals surface area contributed by atoms with Crippen LogP contribution in [-0.4, -0.2) is 24.2 Å². The lowest BCUT2D eigenvalue weighted by molar-refractivity contribution is 0.0973. The first-order valence-electron chi connectivity index (χ1n) is 10.2. The van der Waals surface area contributed by atoms with E-state index in [9.17, 15) is 4.79 Å². The van der Waals surface area contributed by atoms with Gasteiger partial charge in [0, 0.05) is 11.8 Å². The Labute approximate surface area is 178 Å². The summed E-state index contributed by atoms with van der Waals surface area (Å²) in [5, 5.41) is 5.97. The Morgan fingerprint density at radius 1 is 0.931 bits per heavy atom. The summed E-state index contributed by atoms with van der Waals surface area (Å²) >= 11 is 5.30. The van der Waals surface area contributed by atoms with E-state index in [0.717, 1.165) is 43.5 Å². The molecule has 0 fully saturated rings. The molecule has 29 heavy (non-hydrogen) atoms. The van der Waals surface area contributed by atoms with E-state index >= 15 is 0 Å². The molecular weight excluding hydrogens is 384 g/mol. The number of unbranched alkanes of at least 4 members (excludes halogenated alkanes) is 3. The van der Waals surface area contributed by atoms with Gasteiger partial charge in [0.05, 0.1) is 18.8 Å². The van der Waals surface area contributed by atoms with E-state index in [2.05, 4.69) is 24.5 Å². The van der Waals surface area contributed by atoms with Crippen LogP contribution in [0, 0.1) is 0 Å². The van der Waals surface area contributed by atoms with Crippen molar-refractivity contribution in [2.45, 2.75) is 46.0 Å². The molecule has 0 aliphatic carbocycles. The topological polar surface area (TPSA) is 59.6 Å². The maximum absolute atomic E-state index is 12.7. The molecule has 0 saturated carbocycles. The fourth-order valence-corrected chi connectivity index (χ4v) is 2.86. The van der Waals surface area contributed by atoms with Crippen molar-refractivity contribution in [3.8, 4) is 11.5 Å². The van der Waals surface area contributed by atoms with Gasteiger partial charge in [-0.2, -0.15) is 0 Å². The van der Waals surface area contributed by atoms with E-state index in [4.69, 9.17) is 21.7 Å². The van der Waals surface area contributed by atoms with Gasteiger partial charge in [-0.15, -0.1) is 0 Å². The lowest BCUT2D eigenvalue weighted by atomic mass is 10.2. The van der Waals surface area contributed by atoms with Crippen LogP contribution < -0.4 is 20.1 Å². The fourth-order valence-electron chi connectivity index (χ4n) is 2.65. The molecule has 1 amide bonds. The van der Waals surface area contributed by atoms with Crippen LogP contribution in [0.2, 0.25) is 0 Å². The quantitative estimate of drug-likeness (QED) is 0.372. The molecule has 0 aliphatic heterocycles. The van der Waals surface area contributed by atoms with Gasteiger partial charge in [0.2, 0.25) is 0 Å². The van der Waals surface area contributed by atoms with Gasteiger partial charge in [0.15, 0.2) is 5.11 Å². The van der Waals surface area contributed by atoms with Gasteiger partial charge in [-0.25, -0.2) is 0 Å². The Bertz CT molecular complexity index is 795. The summed E-state index contributed by atoms with van der Waals surface area (Å²) in [7, 11) is 0. The Morgan fingerprint density at radius 2 is 1.69 bits per heavy atom. The Balaban J connectivity index is 1.92. The van der Waals surface area contributed by atoms with Gasteiger partial charge in [-0.05, 0) is 49.3 Å². The molecule has 0 aromatic heterocycles. The molecule has 0 unspecified atom stereocenters. The van der Waals surface area contributed by atoms with Crippen LogP contribution in [0.25, 0.3) is 0 Å². The van der Waals surface area contributed by atoms with Crippen molar-refractivity contribution in [2.75, 3.05) is 18.5 Å². The number of hydrogen-bond donors (Lipinski definition) is 2. The number of rotatable bonds is 11. The summed E-state index contributed by atoms with van der Waals surface area (Å²) in [5.41, 5.74) is 1.22. The number of benzene rings is 2. The second-order valence-corrected chi connectivity index (χ2v) is 7.10. The number of anilines is 1. The highest BCUT2D eigenvalue weighted by molar-refractivity contribution is 7.80. The second kappa shape index (κ2) is 12.8. The van der Waals surface area contributed by atoms with Crippen molar-refractivity contribution in [3.63, 3.8) is 0 Å². The largest absolute Gasteiger partial charge is 0.494 e. The third-order valence-electron chi connectivity index (χ3n) is 4.22. The van der Waals surface area contributed by atoms with Crippen molar-refractivity contribution >= 4 is 28.9 Å². The number of carbonyl (C=O) groups is 1. The van der Waals surface area contributed by atoms with Crippen LogP contribution in [0.4, 0.5) is 5.69 Å². The third kappa shape index (κ3) is 8.11. The van der Waals surface area contributed by atoms with Gasteiger partial charge >= 0.3 is 0 Å². The van der Waals surface area contributed by atoms with Gasteiger partial charge in [-0.1, -0.05) is 51.3 Å². The van der Waals surface area contributed by atoms with Crippen molar-refractivity contribution in [2.24, 2.45) is 0 Å². The van der Waals surface area contributed by atoms with E-state index in [0.29, 0.717) is 24.5 Å². The molecule has 6 heteroatoms. The highest BCUT2D eigenvalue weighted by atomic mass is 32.1. The van der Waals surface area contributed by atoms with E-state index in [1.54, 1.807) is 18.2 Å². The number of thiocarbonyl (C=S) groups is 1. The highest BCUT2D eigenvalue weighted by Crippen LogP contribution is 2.20. The van der Waals surface area contributed by atoms with Crippen molar-refractivity contribution in [1.29, 1.82) is 0 Å². The molecule has 0 atom stereocenters. The summed E-state index contributed by atoms with van der Waals surface area (Å²) in [4.78, 5) is 12.7. The number of carbonyl (C=O) groups excluding carboxylic acids is 1. The lowest BCUT2D eigenvalue weighted by Crippen LogP contribution is -2.34. The fraction of sp³-hybridized carbons (Fsp3) is 0.391. The highest BCUT2D eigenvalue weighted by Gasteiger charge is 2.13. The van der Waals surface area contributed by atoms with E-state index < -0.39 is 0 Å². The minimum Gasteiger partial charge on any atom is -0.494 e. The standard InChI is InChI=1S/C23H30N2O3S/c1-3-5-9-16-28-21-14-8-7-13-20(21)22(26)25-23(29)24-18-11-10-12-19(17-18)27-15-6-4-2/h7-8,10-14,17H,3-6,9,15-16H2,1-2H3,(H2,24,25,26,29). The average Bonchev–Trinajstić information content (AvgIpc) is 2.72. The number of hydrogen-bond acceptors (Lipinski definition) is 4. The van der Waals surface area contributed by atoms with Gasteiger partial charge in [0.25, 0.3) is 5.91 Å². The molecule has 0 aliphatic rings. The number of para-hydroxylation sites is 1. The molecule has 2 rings (SSSR count). The van der Waals surface area contributed by atoms with Crippen LogP contribution in [-0.2, 0) is 0 Å². The molecule has 0 radical (unpaired) electrons. The van der Waals surface area contributed by atoms with Crippen molar-refractivity contribution in [3.05, 3.63) is 54.1 Å². The van der Waals surface area contributed by atoms with Gasteiger partial charge < -0.3 is 14.8 Å². The molecule has 0 saturated heterocycles. The summed E-state index contributed by atoms with van der Waals surface area (Å²) in [6.07, 6.45) is 5.27. The smallest absolute Gasteiger partial charge is 0.261 e. The minimum atomic E-state index is -0.302. The Hall–Kier alpha value is -2.60. The van der Waals surface area contributed by atoms with Crippen LogP contribution in [0.3, 0.4) is 0 Å². The van der Waals surface area contributed by atoms with E-state index in [1.165, 1.54) is 0 Å². The zero-order valence-corrected chi connectivity index (χ0v) is 18.0. The van der Waals surface area contributed by atoms with E-state index in [1.807, 2.05) is 30.3 Å². The van der Waals surface area contributed by atoms with Crippen molar-refractivity contribution in [1.82, 2.24) is 5.32 Å². The van der Waals surface area contributed by atoms with Crippen LogP contribution in [0.1, 0.15) is 56.3 Å². The maximum Gasteiger partial charge on any atom is 0.261 e. The molecule has 2 aromatic rings. The molecule has 0 heterocycles. The zero-order valence-electron chi connectivity index (χ0n) is 17.2. The normalized spacial score (nSPS) is 10.3. The van der Waals surface area contributed by atoms with Crippen LogP contribution >= 0.6 is 12.2 Å². The average molecular weight is 415 g/mol. The first-order valence-corrected chi connectivity index (χ1v) is 10.6. The molecule has 0 bridgehead atoms. The van der Waals surface area contributed by atoms with Crippen LogP contribution in [0.5, 0.6) is 11.5 Å². The first-order chi connectivity index (χ1) is 14.1. The summed E-state index contributed by atoms with van der Waals surface area (Å²) in [6.45, 7) is 5.53. The van der Waals surface area contributed by atoms with Gasteiger partial charge in [-0.3, -0.25) is 10.1 Å². The number of ether oxygens (including phenoxy) is 2. The molecule has 5 nitrogen and oxygen atoms in total. The number of amides is 1. The Kier molecular flexibility index (Phi) is 10.00. The third-order valence-corrected chi connectivity index (χ3v) is 4.43. The predicted octanol–water partition coefficient (Wildman–Crippen LogP) is 5.56. The summed E-state index contributed by atoms with van der Waals surface area (Å²) < 4.78 is 11.5. The maximum atomic E-state index is 12.7. The summed E-state index contributed by atoms with van der Waals surface area (Å²) in [5.74, 6) is 1.03. The van der Waals surface area contributed by atoms with Gasteiger partial charge in [0.1, 0.15) is 11.5 Å². The van der Waals surface area contributed by atoms with E-state index in [-0.39, 0.29) is 11.0 Å². The van der Waals surface area contributed by atoms with Crippen LogP contribution in [0.15, 0.2) is 48.5 Å². The Morgan fingerprint density at radius 3 is 2.48 bits per heavy atom.